The van der Waals surface area contributed by atoms with E-state index in [2.05, 4.69) is 52.1 Å². The van der Waals surface area contributed by atoms with Crippen LogP contribution in [0.2, 0.25) is 0 Å². The highest BCUT2D eigenvalue weighted by molar-refractivity contribution is 9.10. The smallest absolute Gasteiger partial charge is 0.134 e. The van der Waals surface area contributed by atoms with Crippen molar-refractivity contribution in [2.45, 2.75) is 25.4 Å². The van der Waals surface area contributed by atoms with E-state index in [4.69, 9.17) is 4.42 Å². The largest absolute Gasteiger partial charge is 0.466 e. The molecule has 19 heavy (non-hydrogen) atoms. The van der Waals surface area contributed by atoms with E-state index in [1.54, 1.807) is 6.26 Å². The average molecular weight is 330 g/mol. The van der Waals surface area contributed by atoms with Gasteiger partial charge in [-0.3, -0.25) is 0 Å². The maximum atomic E-state index is 5.64. The Bertz CT molecular complexity index is 396. The summed E-state index contributed by atoms with van der Waals surface area (Å²) in [7, 11) is 4.42. The summed E-state index contributed by atoms with van der Waals surface area (Å²) in [5, 5.41) is 3.54. The van der Waals surface area contributed by atoms with Crippen molar-refractivity contribution < 1.29 is 4.42 Å². The molecule has 1 saturated heterocycles. The number of rotatable bonds is 5. The van der Waals surface area contributed by atoms with Crippen LogP contribution in [0.4, 0.5) is 0 Å². The predicted octanol–water partition coefficient (Wildman–Crippen LogP) is 2.33. The second-order valence-corrected chi connectivity index (χ2v) is 6.23. The number of likely N-dealkylation sites (N-methyl/N-ethyl adjacent to an activating group) is 2. The first-order chi connectivity index (χ1) is 9.11. The van der Waals surface area contributed by atoms with E-state index in [9.17, 15) is 0 Å². The minimum Gasteiger partial charge on any atom is -0.466 e. The van der Waals surface area contributed by atoms with Gasteiger partial charge in [0.2, 0.25) is 0 Å². The van der Waals surface area contributed by atoms with Gasteiger partial charge in [-0.25, -0.2) is 0 Å². The zero-order chi connectivity index (χ0) is 13.8. The fourth-order valence-electron chi connectivity index (χ4n) is 2.71. The number of hydrogen-bond acceptors (Lipinski definition) is 4. The minimum absolute atomic E-state index is 0.272. The fraction of sp³-hybridized carbons (Fsp3) is 0.714. The summed E-state index contributed by atoms with van der Waals surface area (Å²) >= 11 is 3.57. The third-order valence-corrected chi connectivity index (χ3v) is 4.55. The topological polar surface area (TPSA) is 31.6 Å². The molecule has 0 aliphatic carbocycles. The SMILES string of the molecule is CCNC(CC1CN(C)CCN1C)c1occc1Br. The Morgan fingerprint density at radius 2 is 2.26 bits per heavy atom. The lowest BCUT2D eigenvalue weighted by Gasteiger charge is -2.39. The zero-order valence-electron chi connectivity index (χ0n) is 12.0. The van der Waals surface area contributed by atoms with Gasteiger partial charge in [0.25, 0.3) is 0 Å². The lowest BCUT2D eigenvalue weighted by Crippen LogP contribution is -2.51. The van der Waals surface area contributed by atoms with Gasteiger partial charge in [0, 0.05) is 25.7 Å². The highest BCUT2D eigenvalue weighted by atomic mass is 79.9. The lowest BCUT2D eigenvalue weighted by molar-refractivity contribution is 0.0988. The first-order valence-corrected chi connectivity index (χ1v) is 7.76. The van der Waals surface area contributed by atoms with Gasteiger partial charge in [0.1, 0.15) is 5.76 Å². The Kier molecular flexibility index (Phi) is 5.45. The van der Waals surface area contributed by atoms with E-state index in [0.717, 1.165) is 42.8 Å². The van der Waals surface area contributed by atoms with Gasteiger partial charge < -0.3 is 19.5 Å². The summed E-state index contributed by atoms with van der Waals surface area (Å²) in [6, 6.07) is 2.81. The summed E-state index contributed by atoms with van der Waals surface area (Å²) < 4.78 is 6.70. The monoisotopic (exact) mass is 329 g/mol. The van der Waals surface area contributed by atoms with Crippen LogP contribution in [0.15, 0.2) is 21.2 Å². The Balaban J connectivity index is 2.06. The molecule has 2 unspecified atom stereocenters. The van der Waals surface area contributed by atoms with E-state index >= 15 is 0 Å². The van der Waals surface area contributed by atoms with Gasteiger partial charge in [-0.2, -0.15) is 0 Å². The van der Waals surface area contributed by atoms with Crippen molar-refractivity contribution in [2.24, 2.45) is 0 Å². The molecule has 0 bridgehead atoms. The van der Waals surface area contributed by atoms with Crippen molar-refractivity contribution in [3.63, 3.8) is 0 Å². The highest BCUT2D eigenvalue weighted by Gasteiger charge is 2.27. The van der Waals surface area contributed by atoms with Crippen molar-refractivity contribution in [2.75, 3.05) is 40.3 Å². The minimum atomic E-state index is 0.272. The van der Waals surface area contributed by atoms with E-state index in [1.165, 1.54) is 0 Å². The molecule has 5 heteroatoms. The standard InChI is InChI=1S/C14H24BrN3O/c1-4-16-13(14-12(15)5-8-19-14)9-11-10-17(2)6-7-18(11)3/h5,8,11,13,16H,4,6-7,9-10H2,1-3H3. The molecule has 1 N–H and O–H groups in total. The Labute approximate surface area is 124 Å². The third kappa shape index (κ3) is 3.81. The average Bonchev–Trinajstić information content (AvgIpc) is 2.79. The maximum Gasteiger partial charge on any atom is 0.134 e. The van der Waals surface area contributed by atoms with E-state index < -0.39 is 0 Å². The Morgan fingerprint density at radius 1 is 1.47 bits per heavy atom. The maximum absolute atomic E-state index is 5.64. The molecule has 2 rings (SSSR count). The van der Waals surface area contributed by atoms with Gasteiger partial charge >= 0.3 is 0 Å². The number of nitrogens with zero attached hydrogens (tertiary/aromatic N) is 2. The summed E-state index contributed by atoms with van der Waals surface area (Å²) in [4.78, 5) is 4.87. The van der Waals surface area contributed by atoms with E-state index in [-0.39, 0.29) is 6.04 Å². The molecule has 108 valence electrons. The molecule has 1 aliphatic rings. The zero-order valence-corrected chi connectivity index (χ0v) is 13.6. The summed E-state index contributed by atoms with van der Waals surface area (Å²) in [6.45, 7) is 6.50. The van der Waals surface area contributed by atoms with Crippen LogP contribution in [-0.2, 0) is 0 Å². The molecule has 0 radical (unpaired) electrons. The molecule has 0 spiro atoms. The summed E-state index contributed by atoms with van der Waals surface area (Å²) in [5.74, 6) is 1.02. The van der Waals surface area contributed by atoms with Gasteiger partial charge in [0.05, 0.1) is 16.8 Å². The van der Waals surface area contributed by atoms with Gasteiger partial charge in [-0.05, 0) is 49.1 Å². The van der Waals surface area contributed by atoms with Crippen LogP contribution in [-0.4, -0.2) is 56.1 Å². The van der Waals surface area contributed by atoms with Crippen molar-refractivity contribution >= 4 is 15.9 Å². The summed E-state index contributed by atoms with van der Waals surface area (Å²) in [5.41, 5.74) is 0. The van der Waals surface area contributed by atoms with Crippen LogP contribution >= 0.6 is 15.9 Å². The van der Waals surface area contributed by atoms with Crippen molar-refractivity contribution in [1.29, 1.82) is 0 Å². The molecule has 2 atom stereocenters. The summed E-state index contributed by atoms with van der Waals surface area (Å²) in [6.07, 6.45) is 2.82. The molecule has 1 aliphatic heterocycles. The van der Waals surface area contributed by atoms with Crippen LogP contribution in [0, 0.1) is 0 Å². The number of hydrogen-bond donors (Lipinski definition) is 1. The van der Waals surface area contributed by atoms with E-state index in [0.29, 0.717) is 6.04 Å². The molecule has 0 amide bonds. The number of halogens is 1. The van der Waals surface area contributed by atoms with Crippen molar-refractivity contribution in [1.82, 2.24) is 15.1 Å². The second-order valence-electron chi connectivity index (χ2n) is 5.38. The molecule has 2 heterocycles. The van der Waals surface area contributed by atoms with Crippen molar-refractivity contribution in [3.8, 4) is 0 Å². The van der Waals surface area contributed by atoms with Crippen molar-refractivity contribution in [3.05, 3.63) is 22.6 Å². The normalized spacial score (nSPS) is 23.7. The molecule has 0 saturated carbocycles. The van der Waals surface area contributed by atoms with Gasteiger partial charge in [-0.15, -0.1) is 0 Å². The van der Waals surface area contributed by atoms with Crippen LogP contribution in [0.25, 0.3) is 0 Å². The van der Waals surface area contributed by atoms with Gasteiger partial charge in [-0.1, -0.05) is 6.92 Å². The molecular formula is C14H24BrN3O. The van der Waals surface area contributed by atoms with Gasteiger partial charge in [0.15, 0.2) is 0 Å². The fourth-order valence-corrected chi connectivity index (χ4v) is 3.19. The second kappa shape index (κ2) is 6.88. The number of nitrogens with one attached hydrogen (secondary N) is 1. The molecule has 1 aromatic rings. The third-order valence-electron chi connectivity index (χ3n) is 3.90. The molecule has 1 fully saturated rings. The predicted molar refractivity (Wildman–Crippen MR) is 81.4 cm³/mol. The van der Waals surface area contributed by atoms with E-state index in [1.807, 2.05) is 6.07 Å². The molecule has 4 nitrogen and oxygen atoms in total. The first kappa shape index (κ1) is 15.0. The first-order valence-electron chi connectivity index (χ1n) is 6.96. The highest BCUT2D eigenvalue weighted by Crippen LogP contribution is 2.29. The van der Waals surface area contributed by atoms with Crippen LogP contribution in [0.5, 0.6) is 0 Å². The Hall–Kier alpha value is -0.360. The molecule has 1 aromatic heterocycles. The molecular weight excluding hydrogens is 306 g/mol. The quantitative estimate of drug-likeness (QED) is 0.898. The lowest BCUT2D eigenvalue weighted by atomic mass is 10.0. The molecule has 0 aromatic carbocycles. The van der Waals surface area contributed by atoms with Crippen LogP contribution < -0.4 is 5.32 Å². The van der Waals surface area contributed by atoms with Crippen LogP contribution in [0.1, 0.15) is 25.1 Å². The number of piperazine rings is 1. The Morgan fingerprint density at radius 3 is 2.89 bits per heavy atom. The number of furan rings is 1. The van der Waals surface area contributed by atoms with Crippen LogP contribution in [0.3, 0.4) is 0 Å².